The van der Waals surface area contributed by atoms with Gasteiger partial charge in [0.25, 0.3) is 0 Å². The Kier molecular flexibility index (Phi) is 12.2. The number of benzene rings is 1. The fourth-order valence-electron chi connectivity index (χ4n) is 4.77. The first-order valence-corrected chi connectivity index (χ1v) is 11.7. The lowest BCUT2D eigenvalue weighted by atomic mass is 9.83. The minimum Gasteiger partial charge on any atom is -0.385 e. The zero-order valence-corrected chi connectivity index (χ0v) is 21.9. The maximum atomic E-state index is 13.9. The number of nitrogens with one attached hydrogen (secondary N) is 2. The Morgan fingerprint density at radius 3 is 2.66 bits per heavy atom. The van der Waals surface area contributed by atoms with E-state index in [9.17, 15) is 4.39 Å². The van der Waals surface area contributed by atoms with Crippen LogP contribution in [0.3, 0.4) is 0 Å². The average molecular weight is 563 g/mol. The van der Waals surface area contributed by atoms with E-state index in [0.29, 0.717) is 19.8 Å². The van der Waals surface area contributed by atoms with Crippen LogP contribution >= 0.6 is 24.0 Å². The number of nitrogens with zero attached hydrogens (tertiary/aromatic N) is 2. The molecule has 0 spiro atoms. The van der Waals surface area contributed by atoms with Crippen molar-refractivity contribution in [1.29, 1.82) is 0 Å². The van der Waals surface area contributed by atoms with Crippen molar-refractivity contribution in [2.45, 2.75) is 45.1 Å². The van der Waals surface area contributed by atoms with E-state index >= 15 is 0 Å². The van der Waals surface area contributed by atoms with E-state index in [2.05, 4.69) is 22.5 Å². The normalized spacial score (nSPS) is 19.9. The van der Waals surface area contributed by atoms with Gasteiger partial charge in [0.15, 0.2) is 5.96 Å². The van der Waals surface area contributed by atoms with Gasteiger partial charge in [0, 0.05) is 46.4 Å². The van der Waals surface area contributed by atoms with Gasteiger partial charge in [-0.25, -0.2) is 4.39 Å². The Labute approximate surface area is 209 Å². The molecule has 1 aromatic carbocycles. The molecule has 1 aliphatic carbocycles. The van der Waals surface area contributed by atoms with Crippen molar-refractivity contribution in [3.8, 4) is 0 Å². The lowest BCUT2D eigenvalue weighted by molar-refractivity contribution is 0.0169. The molecule has 0 radical (unpaired) electrons. The van der Waals surface area contributed by atoms with E-state index in [1.807, 2.05) is 6.07 Å². The fourth-order valence-corrected chi connectivity index (χ4v) is 4.77. The summed E-state index contributed by atoms with van der Waals surface area (Å²) >= 11 is 0. The quantitative estimate of drug-likeness (QED) is 0.257. The molecule has 1 heterocycles. The van der Waals surface area contributed by atoms with Gasteiger partial charge in [-0.05, 0) is 49.3 Å². The number of guanidine groups is 1. The summed E-state index contributed by atoms with van der Waals surface area (Å²) in [6.45, 7) is 8.27. The number of rotatable bonds is 10. The zero-order valence-electron chi connectivity index (χ0n) is 19.6. The first-order valence-electron chi connectivity index (χ1n) is 11.7. The van der Waals surface area contributed by atoms with Crippen LogP contribution in [0.2, 0.25) is 0 Å². The average Bonchev–Trinajstić information content (AvgIpc) is 3.26. The van der Waals surface area contributed by atoms with E-state index in [1.54, 1.807) is 19.2 Å². The van der Waals surface area contributed by atoms with Crippen LogP contribution in [0.1, 0.15) is 50.6 Å². The zero-order chi connectivity index (χ0) is 21.9. The molecule has 0 amide bonds. The molecule has 2 fully saturated rings. The molecule has 2 aliphatic rings. The second-order valence-electron chi connectivity index (χ2n) is 8.75. The van der Waals surface area contributed by atoms with Crippen LogP contribution in [0, 0.1) is 11.2 Å². The topological polar surface area (TPSA) is 58.1 Å². The predicted molar refractivity (Wildman–Crippen MR) is 138 cm³/mol. The molecule has 6 nitrogen and oxygen atoms in total. The molecule has 3 rings (SSSR count). The highest BCUT2D eigenvalue weighted by molar-refractivity contribution is 14.0. The summed E-state index contributed by atoms with van der Waals surface area (Å²) in [4.78, 5) is 7.34. The summed E-state index contributed by atoms with van der Waals surface area (Å²) in [6.07, 6.45) is 6.06. The van der Waals surface area contributed by atoms with Crippen molar-refractivity contribution in [1.82, 2.24) is 15.5 Å². The van der Waals surface area contributed by atoms with Crippen molar-refractivity contribution in [3.05, 3.63) is 35.6 Å². The van der Waals surface area contributed by atoms with Gasteiger partial charge in [0.2, 0.25) is 0 Å². The van der Waals surface area contributed by atoms with Gasteiger partial charge in [-0.15, -0.1) is 24.0 Å². The van der Waals surface area contributed by atoms with Crippen molar-refractivity contribution >= 4 is 29.9 Å². The number of aliphatic imine (C=N–C) groups is 1. The third kappa shape index (κ3) is 8.11. The molecular weight excluding hydrogens is 522 g/mol. The lowest BCUT2D eigenvalue weighted by Gasteiger charge is -2.35. The maximum absolute atomic E-state index is 13.9. The minimum atomic E-state index is -0.197. The molecule has 1 saturated heterocycles. The summed E-state index contributed by atoms with van der Waals surface area (Å²) in [5, 5.41) is 6.93. The number of morpholine rings is 1. The highest BCUT2D eigenvalue weighted by Crippen LogP contribution is 2.41. The Morgan fingerprint density at radius 2 is 2.00 bits per heavy atom. The number of hydrogen-bond acceptors (Lipinski definition) is 4. The smallest absolute Gasteiger partial charge is 0.191 e. The predicted octanol–water partition coefficient (Wildman–Crippen LogP) is 3.97. The number of ether oxygens (including phenoxy) is 2. The molecule has 2 N–H and O–H groups in total. The van der Waals surface area contributed by atoms with Crippen molar-refractivity contribution in [3.63, 3.8) is 0 Å². The van der Waals surface area contributed by atoms with Crippen LogP contribution in [0.4, 0.5) is 4.39 Å². The molecule has 32 heavy (non-hydrogen) atoms. The SMILES string of the molecule is CCNC(=NCC1(CCOC)CCCC1)NCC(c1cccc(F)c1)N1CCOCC1.I. The summed E-state index contributed by atoms with van der Waals surface area (Å²) in [6, 6.07) is 7.01. The van der Waals surface area contributed by atoms with E-state index in [4.69, 9.17) is 14.5 Å². The molecular formula is C24H40FIN4O2. The van der Waals surface area contributed by atoms with Gasteiger partial charge in [0.1, 0.15) is 5.82 Å². The molecule has 1 unspecified atom stereocenters. The van der Waals surface area contributed by atoms with Crippen molar-refractivity contribution < 1.29 is 13.9 Å². The summed E-state index contributed by atoms with van der Waals surface area (Å²) in [7, 11) is 1.77. The van der Waals surface area contributed by atoms with Gasteiger partial charge < -0.3 is 20.1 Å². The van der Waals surface area contributed by atoms with Crippen LogP contribution in [-0.2, 0) is 9.47 Å². The lowest BCUT2D eigenvalue weighted by Crippen LogP contribution is -2.46. The molecule has 0 bridgehead atoms. The number of halogens is 2. The first kappa shape index (κ1) is 27.3. The molecule has 8 heteroatoms. The van der Waals surface area contributed by atoms with Crippen LogP contribution in [-0.4, -0.2) is 70.5 Å². The maximum Gasteiger partial charge on any atom is 0.191 e. The third-order valence-corrected chi connectivity index (χ3v) is 6.60. The summed E-state index contributed by atoms with van der Waals surface area (Å²) < 4.78 is 24.8. The number of methoxy groups -OCH3 is 1. The largest absolute Gasteiger partial charge is 0.385 e. The number of hydrogen-bond donors (Lipinski definition) is 2. The van der Waals surface area contributed by atoms with Gasteiger partial charge in [-0.1, -0.05) is 25.0 Å². The highest BCUT2D eigenvalue weighted by Gasteiger charge is 2.33. The van der Waals surface area contributed by atoms with Crippen molar-refractivity contribution in [2.24, 2.45) is 10.4 Å². The highest BCUT2D eigenvalue weighted by atomic mass is 127. The van der Waals surface area contributed by atoms with Crippen LogP contribution < -0.4 is 10.6 Å². The Morgan fingerprint density at radius 1 is 1.25 bits per heavy atom. The second kappa shape index (κ2) is 14.3. The minimum absolute atomic E-state index is 0. The van der Waals surface area contributed by atoms with Gasteiger partial charge >= 0.3 is 0 Å². The Hall–Kier alpha value is -0.970. The molecule has 1 atom stereocenters. The van der Waals surface area contributed by atoms with Gasteiger partial charge in [-0.2, -0.15) is 0 Å². The third-order valence-electron chi connectivity index (χ3n) is 6.60. The van der Waals surface area contributed by atoms with Crippen LogP contribution in [0.25, 0.3) is 0 Å². The van der Waals surface area contributed by atoms with E-state index in [0.717, 1.165) is 50.7 Å². The molecule has 182 valence electrons. The molecule has 1 aliphatic heterocycles. The standard InChI is InChI=1S/C24H39FN4O2.HI/c1-3-26-23(28-19-24(11-14-30-2)9-4-5-10-24)27-18-22(29-12-15-31-16-13-29)20-7-6-8-21(25)17-20;/h6-8,17,22H,3-5,9-16,18-19H2,1-2H3,(H2,26,27,28);1H. The van der Waals surface area contributed by atoms with Crippen LogP contribution in [0.15, 0.2) is 29.3 Å². The van der Waals surface area contributed by atoms with Gasteiger partial charge in [0.05, 0.1) is 19.3 Å². The summed E-state index contributed by atoms with van der Waals surface area (Å²) in [5.41, 5.74) is 1.24. The fraction of sp³-hybridized carbons (Fsp3) is 0.708. The Balaban J connectivity index is 0.00000363. The molecule has 1 aromatic rings. The van der Waals surface area contributed by atoms with E-state index < -0.39 is 0 Å². The van der Waals surface area contributed by atoms with Crippen molar-refractivity contribution in [2.75, 3.05) is 59.7 Å². The monoisotopic (exact) mass is 562 g/mol. The molecule has 1 saturated carbocycles. The molecule has 0 aromatic heterocycles. The second-order valence-corrected chi connectivity index (χ2v) is 8.75. The van der Waals surface area contributed by atoms with E-state index in [-0.39, 0.29) is 41.3 Å². The Bertz CT molecular complexity index is 694. The van der Waals surface area contributed by atoms with E-state index in [1.165, 1.54) is 31.7 Å². The van der Waals surface area contributed by atoms with Gasteiger partial charge in [-0.3, -0.25) is 9.89 Å². The van der Waals surface area contributed by atoms with Crippen LogP contribution in [0.5, 0.6) is 0 Å². The summed E-state index contributed by atoms with van der Waals surface area (Å²) in [5.74, 6) is 0.638. The first-order chi connectivity index (χ1) is 15.2.